The summed E-state index contributed by atoms with van der Waals surface area (Å²) in [6, 6.07) is 12.2. The second-order valence-corrected chi connectivity index (χ2v) is 7.67. The molecule has 0 spiro atoms. The van der Waals surface area contributed by atoms with E-state index in [1.54, 1.807) is 0 Å². The van der Waals surface area contributed by atoms with E-state index in [9.17, 15) is 9.59 Å². The first kappa shape index (κ1) is 17.8. The molecule has 5 nitrogen and oxygen atoms in total. The zero-order chi connectivity index (χ0) is 18.8. The Labute approximate surface area is 159 Å². The molecule has 142 valence electrons. The number of piperidine rings is 1. The molecule has 0 aromatic heterocycles. The minimum absolute atomic E-state index is 0.00875. The molecule has 1 atom stereocenters. The quantitative estimate of drug-likeness (QED) is 0.881. The van der Waals surface area contributed by atoms with E-state index in [4.69, 9.17) is 4.74 Å². The molecule has 1 saturated heterocycles. The molecular weight excluding hydrogens is 340 g/mol. The number of hydrogen-bond donors (Lipinski definition) is 1. The Balaban J connectivity index is 1.61. The number of fused-ring (bicyclic) bond motifs is 1. The van der Waals surface area contributed by atoms with Gasteiger partial charge in [-0.2, -0.15) is 0 Å². The monoisotopic (exact) mass is 366 g/mol. The first-order valence-corrected chi connectivity index (χ1v) is 9.88. The van der Waals surface area contributed by atoms with Crippen molar-refractivity contribution in [2.24, 2.45) is 0 Å². The smallest absolute Gasteiger partial charge is 0.258 e. The normalized spacial score (nSPS) is 19.7. The summed E-state index contributed by atoms with van der Waals surface area (Å²) in [5.74, 6) is 0.350. The molecule has 1 aliphatic carbocycles. The third-order valence-electron chi connectivity index (χ3n) is 5.44. The highest BCUT2D eigenvalue weighted by Gasteiger charge is 2.27. The van der Waals surface area contributed by atoms with Gasteiger partial charge in [0.1, 0.15) is 5.75 Å². The first-order chi connectivity index (χ1) is 13.1. The molecule has 1 N–H and O–H groups in total. The fourth-order valence-corrected chi connectivity index (χ4v) is 3.70. The second-order valence-electron chi connectivity index (χ2n) is 7.67. The summed E-state index contributed by atoms with van der Waals surface area (Å²) >= 11 is 0. The van der Waals surface area contributed by atoms with Gasteiger partial charge in [0.25, 0.3) is 11.8 Å². The molecule has 0 radical (unpaired) electrons. The molecule has 2 aromatic carbocycles. The minimum Gasteiger partial charge on any atom is -0.483 e. The third kappa shape index (κ3) is 4.07. The standard InChI is InChI=1S/C22H26N2O3/c1-15-6-4-5-11-24(15)22(26)19-12-16-7-2-3-8-17(16)13-20(19)27-14-21(25)23-18-9-10-18/h2-3,7-8,12-13,15,18H,4-6,9-11,14H2,1H3,(H,23,25). The number of likely N-dealkylation sites (tertiary alicyclic amines) is 1. The summed E-state index contributed by atoms with van der Waals surface area (Å²) in [7, 11) is 0. The van der Waals surface area contributed by atoms with Crippen LogP contribution in [0.5, 0.6) is 5.75 Å². The summed E-state index contributed by atoms with van der Waals surface area (Å²) in [6.07, 6.45) is 5.30. The lowest BCUT2D eigenvalue weighted by Crippen LogP contribution is -2.42. The maximum atomic E-state index is 13.3. The van der Waals surface area contributed by atoms with Crippen LogP contribution < -0.4 is 10.1 Å². The summed E-state index contributed by atoms with van der Waals surface area (Å²) < 4.78 is 5.82. The maximum Gasteiger partial charge on any atom is 0.258 e. The van der Waals surface area contributed by atoms with Gasteiger partial charge in [0.2, 0.25) is 0 Å². The minimum atomic E-state index is -0.129. The zero-order valence-electron chi connectivity index (χ0n) is 15.7. The van der Waals surface area contributed by atoms with Crippen molar-refractivity contribution in [3.05, 3.63) is 42.0 Å². The highest BCUT2D eigenvalue weighted by atomic mass is 16.5. The van der Waals surface area contributed by atoms with Crippen LogP contribution in [-0.4, -0.2) is 41.9 Å². The number of nitrogens with one attached hydrogen (secondary N) is 1. The Morgan fingerprint density at radius 2 is 1.85 bits per heavy atom. The van der Waals surface area contributed by atoms with Crippen molar-refractivity contribution in [2.75, 3.05) is 13.2 Å². The van der Waals surface area contributed by atoms with Crippen LogP contribution in [0.15, 0.2) is 36.4 Å². The molecule has 2 amide bonds. The number of nitrogens with zero attached hydrogens (tertiary/aromatic N) is 1. The lowest BCUT2D eigenvalue weighted by Gasteiger charge is -2.34. The van der Waals surface area contributed by atoms with Gasteiger partial charge >= 0.3 is 0 Å². The van der Waals surface area contributed by atoms with Crippen LogP contribution in [0.3, 0.4) is 0 Å². The molecular formula is C22H26N2O3. The predicted molar refractivity (Wildman–Crippen MR) is 105 cm³/mol. The Kier molecular flexibility index (Phi) is 5.01. The molecule has 0 bridgehead atoms. The second kappa shape index (κ2) is 7.59. The van der Waals surface area contributed by atoms with Gasteiger partial charge < -0.3 is 15.0 Å². The first-order valence-electron chi connectivity index (χ1n) is 9.88. The fraction of sp³-hybridized carbons (Fsp3) is 0.455. The van der Waals surface area contributed by atoms with Crippen LogP contribution in [0.1, 0.15) is 49.4 Å². The third-order valence-corrected chi connectivity index (χ3v) is 5.44. The van der Waals surface area contributed by atoms with Gasteiger partial charge in [-0.1, -0.05) is 24.3 Å². The van der Waals surface area contributed by atoms with Crippen molar-refractivity contribution < 1.29 is 14.3 Å². The SMILES string of the molecule is CC1CCCCN1C(=O)c1cc2ccccc2cc1OCC(=O)NC1CC1. The molecule has 1 unspecified atom stereocenters. The molecule has 1 aliphatic heterocycles. The van der Waals surface area contributed by atoms with E-state index in [2.05, 4.69) is 12.2 Å². The van der Waals surface area contributed by atoms with Crippen LogP contribution in [0, 0.1) is 0 Å². The lowest BCUT2D eigenvalue weighted by molar-refractivity contribution is -0.123. The number of carbonyl (C=O) groups is 2. The van der Waals surface area contributed by atoms with Crippen molar-refractivity contribution in [1.29, 1.82) is 0 Å². The number of ether oxygens (including phenoxy) is 1. The van der Waals surface area contributed by atoms with Gasteiger partial charge in [-0.25, -0.2) is 0 Å². The van der Waals surface area contributed by atoms with Crippen LogP contribution >= 0.6 is 0 Å². The Morgan fingerprint density at radius 1 is 1.11 bits per heavy atom. The largest absolute Gasteiger partial charge is 0.483 e. The van der Waals surface area contributed by atoms with Crippen molar-refractivity contribution in [3.8, 4) is 5.75 Å². The zero-order valence-corrected chi connectivity index (χ0v) is 15.7. The van der Waals surface area contributed by atoms with Crippen LogP contribution in [-0.2, 0) is 4.79 Å². The fourth-order valence-electron chi connectivity index (χ4n) is 3.70. The average molecular weight is 366 g/mol. The predicted octanol–water partition coefficient (Wildman–Crippen LogP) is 3.51. The van der Waals surface area contributed by atoms with Gasteiger partial charge in [-0.05, 0) is 61.9 Å². The highest BCUT2D eigenvalue weighted by molar-refractivity contribution is 6.02. The van der Waals surface area contributed by atoms with Crippen molar-refractivity contribution in [2.45, 2.75) is 51.1 Å². The van der Waals surface area contributed by atoms with Crippen molar-refractivity contribution >= 4 is 22.6 Å². The van der Waals surface area contributed by atoms with E-state index < -0.39 is 0 Å². The van der Waals surface area contributed by atoms with Crippen LogP contribution in [0.25, 0.3) is 10.8 Å². The van der Waals surface area contributed by atoms with Crippen molar-refractivity contribution in [3.63, 3.8) is 0 Å². The maximum absolute atomic E-state index is 13.3. The molecule has 1 saturated carbocycles. The number of carbonyl (C=O) groups excluding carboxylic acids is 2. The van der Waals surface area contributed by atoms with Crippen LogP contribution in [0.2, 0.25) is 0 Å². The number of rotatable bonds is 5. The van der Waals surface area contributed by atoms with E-state index in [1.807, 2.05) is 41.3 Å². The molecule has 2 aliphatic rings. The highest BCUT2D eigenvalue weighted by Crippen LogP contribution is 2.29. The van der Waals surface area contributed by atoms with Crippen molar-refractivity contribution in [1.82, 2.24) is 10.2 Å². The van der Waals surface area contributed by atoms with E-state index in [0.29, 0.717) is 17.4 Å². The van der Waals surface area contributed by atoms with E-state index >= 15 is 0 Å². The number of amides is 2. The van der Waals surface area contributed by atoms with Gasteiger partial charge in [-0.3, -0.25) is 9.59 Å². The van der Waals surface area contributed by atoms with E-state index in [-0.39, 0.29) is 24.5 Å². The summed E-state index contributed by atoms with van der Waals surface area (Å²) in [4.78, 5) is 27.2. The molecule has 1 heterocycles. The van der Waals surface area contributed by atoms with E-state index in [1.165, 1.54) is 0 Å². The number of benzene rings is 2. The molecule has 2 aromatic rings. The van der Waals surface area contributed by atoms with Crippen LogP contribution in [0.4, 0.5) is 0 Å². The Morgan fingerprint density at radius 3 is 2.56 bits per heavy atom. The molecule has 5 heteroatoms. The van der Waals surface area contributed by atoms with E-state index in [0.717, 1.165) is 49.4 Å². The van der Waals surface area contributed by atoms with Gasteiger partial charge in [-0.15, -0.1) is 0 Å². The topological polar surface area (TPSA) is 58.6 Å². The molecule has 4 rings (SSSR count). The molecule has 2 fully saturated rings. The van der Waals surface area contributed by atoms with Gasteiger partial charge in [0.15, 0.2) is 6.61 Å². The summed E-state index contributed by atoms with van der Waals surface area (Å²) in [5, 5.41) is 4.92. The Hall–Kier alpha value is -2.56. The Bertz CT molecular complexity index is 860. The van der Waals surface area contributed by atoms with Gasteiger partial charge in [0.05, 0.1) is 5.56 Å². The number of hydrogen-bond acceptors (Lipinski definition) is 3. The molecule has 27 heavy (non-hydrogen) atoms. The lowest BCUT2D eigenvalue weighted by atomic mass is 10.0. The average Bonchev–Trinajstić information content (AvgIpc) is 3.49. The van der Waals surface area contributed by atoms with Gasteiger partial charge in [0, 0.05) is 18.6 Å². The summed E-state index contributed by atoms with van der Waals surface area (Å²) in [5.41, 5.74) is 0.543. The summed E-state index contributed by atoms with van der Waals surface area (Å²) in [6.45, 7) is 2.81.